The Bertz CT molecular complexity index is 856. The molecule has 0 aliphatic carbocycles. The molecule has 1 N–H and O–H groups in total. The average molecular weight is 337 g/mol. The average Bonchev–Trinajstić information content (AvgIpc) is 2.65. The van der Waals surface area contributed by atoms with Crippen molar-refractivity contribution in [3.63, 3.8) is 0 Å². The Labute approximate surface area is 144 Å². The van der Waals surface area contributed by atoms with Crippen LogP contribution in [0.2, 0.25) is 0 Å². The van der Waals surface area contributed by atoms with E-state index in [0.717, 1.165) is 18.4 Å². The van der Waals surface area contributed by atoms with Gasteiger partial charge in [0.2, 0.25) is 5.91 Å². The van der Waals surface area contributed by atoms with Gasteiger partial charge >= 0.3 is 0 Å². The van der Waals surface area contributed by atoms with Crippen LogP contribution in [-0.4, -0.2) is 24.9 Å². The smallest absolute Gasteiger partial charge is 0.251 e. The van der Waals surface area contributed by atoms with Crippen molar-refractivity contribution in [3.05, 3.63) is 65.0 Å². The number of amides is 2. The quantitative estimate of drug-likeness (QED) is 0.935. The minimum Gasteiger partial charge on any atom is -0.343 e. The molecule has 0 bridgehead atoms. The molecule has 0 spiro atoms. The number of nitriles is 1. The third kappa shape index (κ3) is 3.66. The number of benzene rings is 2. The molecule has 25 heavy (non-hydrogen) atoms. The number of halogens is 1. The number of anilines is 1. The minimum absolute atomic E-state index is 0.143. The topological polar surface area (TPSA) is 73.2 Å². The van der Waals surface area contributed by atoms with Crippen LogP contribution in [0.3, 0.4) is 0 Å². The number of hydrogen-bond donors (Lipinski definition) is 1. The third-order valence-corrected chi connectivity index (χ3v) is 4.14. The molecule has 0 unspecified atom stereocenters. The van der Waals surface area contributed by atoms with Gasteiger partial charge in [0.05, 0.1) is 18.2 Å². The Morgan fingerprint density at radius 3 is 2.68 bits per heavy atom. The van der Waals surface area contributed by atoms with Crippen molar-refractivity contribution in [3.8, 4) is 6.07 Å². The molecule has 0 radical (unpaired) electrons. The SMILES string of the molecule is N#Cc1ccc(C(=O)NCC(=O)N2CCCc3cc(F)ccc32)cc1. The Morgan fingerprint density at radius 1 is 1.20 bits per heavy atom. The van der Waals surface area contributed by atoms with Crippen molar-refractivity contribution in [1.82, 2.24) is 5.32 Å². The zero-order valence-corrected chi connectivity index (χ0v) is 13.5. The molecular formula is C19H16FN3O2. The molecule has 2 aromatic carbocycles. The first-order valence-electron chi connectivity index (χ1n) is 7.95. The van der Waals surface area contributed by atoms with Gasteiger partial charge in [0, 0.05) is 17.8 Å². The van der Waals surface area contributed by atoms with Gasteiger partial charge in [0.25, 0.3) is 5.91 Å². The van der Waals surface area contributed by atoms with E-state index < -0.39 is 0 Å². The summed E-state index contributed by atoms with van der Waals surface area (Å²) < 4.78 is 13.3. The van der Waals surface area contributed by atoms with E-state index in [4.69, 9.17) is 5.26 Å². The molecule has 0 atom stereocenters. The minimum atomic E-state index is -0.380. The molecule has 6 heteroatoms. The molecule has 3 rings (SSSR count). The second kappa shape index (κ2) is 7.14. The van der Waals surface area contributed by atoms with E-state index in [-0.39, 0.29) is 24.2 Å². The summed E-state index contributed by atoms with van der Waals surface area (Å²) in [5.41, 5.74) is 2.35. The second-order valence-corrected chi connectivity index (χ2v) is 5.79. The van der Waals surface area contributed by atoms with Crippen LogP contribution in [0, 0.1) is 17.1 Å². The van der Waals surface area contributed by atoms with Crippen LogP contribution in [0.5, 0.6) is 0 Å². The molecule has 2 aromatic rings. The highest BCUT2D eigenvalue weighted by Crippen LogP contribution is 2.27. The van der Waals surface area contributed by atoms with E-state index in [1.54, 1.807) is 23.1 Å². The van der Waals surface area contributed by atoms with E-state index in [2.05, 4.69) is 5.32 Å². The third-order valence-electron chi connectivity index (χ3n) is 4.14. The normalized spacial score (nSPS) is 12.9. The van der Waals surface area contributed by atoms with Crippen molar-refractivity contribution < 1.29 is 14.0 Å². The molecule has 0 saturated carbocycles. The van der Waals surface area contributed by atoms with Gasteiger partial charge in [-0.15, -0.1) is 0 Å². The summed E-state index contributed by atoms with van der Waals surface area (Å²) in [4.78, 5) is 26.1. The lowest BCUT2D eigenvalue weighted by Crippen LogP contribution is -2.42. The number of fused-ring (bicyclic) bond motifs is 1. The molecule has 126 valence electrons. The van der Waals surface area contributed by atoms with Gasteiger partial charge in [-0.2, -0.15) is 5.26 Å². The highest BCUT2D eigenvalue weighted by Gasteiger charge is 2.23. The van der Waals surface area contributed by atoms with E-state index in [1.807, 2.05) is 6.07 Å². The molecule has 0 fully saturated rings. The number of nitrogens with zero attached hydrogens (tertiary/aromatic N) is 2. The number of aryl methyl sites for hydroxylation is 1. The first-order chi connectivity index (χ1) is 12.1. The summed E-state index contributed by atoms with van der Waals surface area (Å²) in [6, 6.07) is 12.5. The van der Waals surface area contributed by atoms with Gasteiger partial charge in [-0.25, -0.2) is 4.39 Å². The summed E-state index contributed by atoms with van der Waals surface area (Å²) >= 11 is 0. The summed E-state index contributed by atoms with van der Waals surface area (Å²) in [7, 11) is 0. The summed E-state index contributed by atoms with van der Waals surface area (Å²) in [5.74, 6) is -0.939. The summed E-state index contributed by atoms with van der Waals surface area (Å²) in [5, 5.41) is 11.3. The highest BCUT2D eigenvalue weighted by atomic mass is 19.1. The van der Waals surface area contributed by atoms with E-state index in [9.17, 15) is 14.0 Å². The first kappa shape index (κ1) is 16.7. The van der Waals surface area contributed by atoms with Crippen LogP contribution < -0.4 is 10.2 Å². The molecular weight excluding hydrogens is 321 g/mol. The number of rotatable bonds is 3. The van der Waals surface area contributed by atoms with Crippen molar-refractivity contribution in [2.75, 3.05) is 18.0 Å². The fourth-order valence-electron chi connectivity index (χ4n) is 2.87. The van der Waals surface area contributed by atoms with E-state index in [1.165, 1.54) is 24.3 Å². The Balaban J connectivity index is 1.65. The lowest BCUT2D eigenvalue weighted by Gasteiger charge is -2.29. The van der Waals surface area contributed by atoms with Gasteiger partial charge in [-0.3, -0.25) is 9.59 Å². The fraction of sp³-hybridized carbons (Fsp3) is 0.211. The maximum absolute atomic E-state index is 13.3. The monoisotopic (exact) mass is 337 g/mol. The summed E-state index contributed by atoms with van der Waals surface area (Å²) in [6.45, 7) is 0.403. The number of carbonyl (C=O) groups is 2. The van der Waals surface area contributed by atoms with Crippen LogP contribution in [0.4, 0.5) is 10.1 Å². The molecule has 0 saturated heterocycles. The number of nitrogens with one attached hydrogen (secondary N) is 1. The first-order valence-corrected chi connectivity index (χ1v) is 7.95. The Kier molecular flexibility index (Phi) is 4.75. The Hall–Kier alpha value is -3.20. The number of hydrogen-bond acceptors (Lipinski definition) is 3. The molecule has 5 nitrogen and oxygen atoms in total. The fourth-order valence-corrected chi connectivity index (χ4v) is 2.87. The van der Waals surface area contributed by atoms with Crippen molar-refractivity contribution in [2.45, 2.75) is 12.8 Å². The lowest BCUT2D eigenvalue weighted by atomic mass is 10.0. The highest BCUT2D eigenvalue weighted by molar-refractivity contribution is 6.00. The van der Waals surface area contributed by atoms with Crippen LogP contribution in [0.15, 0.2) is 42.5 Å². The molecule has 1 heterocycles. The second-order valence-electron chi connectivity index (χ2n) is 5.79. The van der Waals surface area contributed by atoms with Crippen molar-refractivity contribution in [1.29, 1.82) is 5.26 Å². The van der Waals surface area contributed by atoms with Gasteiger partial charge in [0.15, 0.2) is 0 Å². The molecule has 0 aromatic heterocycles. The van der Waals surface area contributed by atoms with Crippen LogP contribution in [0.25, 0.3) is 0 Å². The number of carbonyl (C=O) groups excluding carboxylic acids is 2. The standard InChI is InChI=1S/C19H16FN3O2/c20-16-7-8-17-15(10-16)2-1-9-23(17)18(24)12-22-19(25)14-5-3-13(11-21)4-6-14/h3-8,10H,1-2,9,12H2,(H,22,25). The van der Waals surface area contributed by atoms with Gasteiger partial charge < -0.3 is 10.2 Å². The molecule has 2 amide bonds. The lowest BCUT2D eigenvalue weighted by molar-refractivity contribution is -0.117. The van der Waals surface area contributed by atoms with Gasteiger partial charge in [-0.05, 0) is 60.9 Å². The van der Waals surface area contributed by atoms with Crippen LogP contribution in [-0.2, 0) is 11.2 Å². The molecule has 1 aliphatic rings. The largest absolute Gasteiger partial charge is 0.343 e. The zero-order valence-electron chi connectivity index (χ0n) is 13.5. The zero-order chi connectivity index (χ0) is 17.8. The van der Waals surface area contributed by atoms with Crippen molar-refractivity contribution >= 4 is 17.5 Å². The summed E-state index contributed by atoms with van der Waals surface area (Å²) in [6.07, 6.45) is 1.49. The van der Waals surface area contributed by atoms with Crippen LogP contribution in [0.1, 0.15) is 27.9 Å². The van der Waals surface area contributed by atoms with Gasteiger partial charge in [0.1, 0.15) is 5.82 Å². The van der Waals surface area contributed by atoms with E-state index in [0.29, 0.717) is 23.4 Å². The van der Waals surface area contributed by atoms with Crippen molar-refractivity contribution in [2.24, 2.45) is 0 Å². The maximum Gasteiger partial charge on any atom is 0.251 e. The van der Waals surface area contributed by atoms with E-state index >= 15 is 0 Å². The maximum atomic E-state index is 13.3. The predicted octanol–water partition coefficient (Wildman–Crippen LogP) is 2.41. The van der Waals surface area contributed by atoms with Gasteiger partial charge in [-0.1, -0.05) is 0 Å². The van der Waals surface area contributed by atoms with Crippen LogP contribution >= 0.6 is 0 Å². The Morgan fingerprint density at radius 2 is 1.96 bits per heavy atom. The predicted molar refractivity (Wildman–Crippen MR) is 90.6 cm³/mol. The molecule has 1 aliphatic heterocycles.